The second-order valence-electron chi connectivity index (χ2n) is 8.54. The summed E-state index contributed by atoms with van der Waals surface area (Å²) in [5.74, 6) is 1.71. The van der Waals surface area contributed by atoms with Gasteiger partial charge in [0.05, 0.1) is 6.10 Å². The summed E-state index contributed by atoms with van der Waals surface area (Å²) in [5, 5.41) is 10.9. The van der Waals surface area contributed by atoms with Gasteiger partial charge in [-0.1, -0.05) is 19.4 Å². The lowest BCUT2D eigenvalue weighted by atomic mass is 9.46. The number of allylic oxidation sites excluding steroid dienone is 1. The van der Waals surface area contributed by atoms with Crippen LogP contribution in [0.15, 0.2) is 11.6 Å². The van der Waals surface area contributed by atoms with Crippen LogP contribution in [0.5, 0.6) is 0 Å². The molecule has 3 fully saturated rings. The fraction of sp³-hybridized carbons (Fsp3) is 0.789. The predicted molar refractivity (Wildman–Crippen MR) is 83.1 cm³/mol. The molecule has 0 bridgehead atoms. The Morgan fingerprint density at radius 2 is 1.86 bits per heavy atom. The molecule has 0 heterocycles. The van der Waals surface area contributed by atoms with Crippen LogP contribution in [0.2, 0.25) is 0 Å². The van der Waals surface area contributed by atoms with Gasteiger partial charge in [0.2, 0.25) is 0 Å². The molecule has 0 amide bonds. The van der Waals surface area contributed by atoms with Gasteiger partial charge in [-0.2, -0.15) is 0 Å². The summed E-state index contributed by atoms with van der Waals surface area (Å²) in [6.45, 7) is 4.34. The third-order valence-electron chi connectivity index (χ3n) is 7.61. The molecule has 4 aliphatic carbocycles. The lowest BCUT2D eigenvalue weighted by Gasteiger charge is -2.58. The number of rotatable bonds is 0. The number of ketones is 2. The molecule has 22 heavy (non-hydrogen) atoms. The van der Waals surface area contributed by atoms with Crippen molar-refractivity contribution in [1.82, 2.24) is 0 Å². The first-order valence-corrected chi connectivity index (χ1v) is 8.81. The molecule has 0 saturated heterocycles. The molecule has 3 heteroatoms. The van der Waals surface area contributed by atoms with Gasteiger partial charge in [0.15, 0.2) is 5.78 Å². The minimum atomic E-state index is -0.407. The fourth-order valence-corrected chi connectivity index (χ4v) is 6.46. The van der Waals surface area contributed by atoms with E-state index < -0.39 is 6.10 Å². The molecule has 1 N–H and O–H groups in total. The molecule has 3 nitrogen and oxygen atoms in total. The van der Waals surface area contributed by atoms with Crippen LogP contribution in [0, 0.1) is 28.6 Å². The van der Waals surface area contributed by atoms with E-state index >= 15 is 0 Å². The van der Waals surface area contributed by atoms with Crippen molar-refractivity contribution < 1.29 is 14.7 Å². The summed E-state index contributed by atoms with van der Waals surface area (Å²) < 4.78 is 0. The van der Waals surface area contributed by atoms with Crippen LogP contribution in [-0.2, 0) is 9.59 Å². The van der Waals surface area contributed by atoms with Gasteiger partial charge >= 0.3 is 0 Å². The second kappa shape index (κ2) is 4.53. The highest BCUT2D eigenvalue weighted by molar-refractivity contribution is 5.91. The molecule has 0 aromatic carbocycles. The summed E-state index contributed by atoms with van der Waals surface area (Å²) in [4.78, 5) is 24.2. The van der Waals surface area contributed by atoms with Crippen molar-refractivity contribution in [3.63, 3.8) is 0 Å². The number of Topliss-reactive ketones (excluding diaryl/α,β-unsaturated/α-hetero) is 1. The molecule has 4 aliphatic rings. The zero-order chi connectivity index (χ0) is 15.7. The van der Waals surface area contributed by atoms with Gasteiger partial charge in [0.1, 0.15) is 5.78 Å². The van der Waals surface area contributed by atoms with E-state index in [2.05, 4.69) is 13.8 Å². The van der Waals surface area contributed by atoms with Crippen molar-refractivity contribution in [2.24, 2.45) is 28.6 Å². The highest BCUT2D eigenvalue weighted by Gasteiger charge is 2.61. The second-order valence-corrected chi connectivity index (χ2v) is 8.54. The maximum absolute atomic E-state index is 12.4. The monoisotopic (exact) mass is 302 g/mol. The van der Waals surface area contributed by atoms with Gasteiger partial charge < -0.3 is 5.11 Å². The Hall–Kier alpha value is -0.960. The third kappa shape index (κ3) is 1.72. The molecule has 0 aromatic heterocycles. The number of aliphatic hydroxyl groups excluding tert-OH is 1. The summed E-state index contributed by atoms with van der Waals surface area (Å²) in [5.41, 5.74) is 0.920. The average Bonchev–Trinajstić information content (AvgIpc) is 2.75. The molecule has 0 spiro atoms. The summed E-state index contributed by atoms with van der Waals surface area (Å²) in [6, 6.07) is 0. The highest BCUT2D eigenvalue weighted by atomic mass is 16.3. The van der Waals surface area contributed by atoms with Crippen LogP contribution in [0.25, 0.3) is 0 Å². The SMILES string of the molecule is C[C@]12CCC(=O)C=C1CC[C@H]1[C@H]2[C@H](O)C[C@@]2(C)C(=O)CC[C@H]12. The number of carbonyl (C=O) groups excluding carboxylic acids is 2. The minimum Gasteiger partial charge on any atom is -0.393 e. The van der Waals surface area contributed by atoms with E-state index in [4.69, 9.17) is 0 Å². The first kappa shape index (κ1) is 14.6. The maximum atomic E-state index is 12.4. The van der Waals surface area contributed by atoms with Crippen molar-refractivity contribution >= 4 is 11.6 Å². The van der Waals surface area contributed by atoms with Crippen LogP contribution in [0.3, 0.4) is 0 Å². The largest absolute Gasteiger partial charge is 0.393 e. The lowest BCUT2D eigenvalue weighted by molar-refractivity contribution is -0.147. The number of hydrogen-bond donors (Lipinski definition) is 1. The van der Waals surface area contributed by atoms with Crippen LogP contribution in [-0.4, -0.2) is 22.8 Å². The summed E-state index contributed by atoms with van der Waals surface area (Å²) >= 11 is 0. The Balaban J connectivity index is 1.75. The van der Waals surface area contributed by atoms with Crippen molar-refractivity contribution in [1.29, 1.82) is 0 Å². The van der Waals surface area contributed by atoms with E-state index in [9.17, 15) is 14.7 Å². The van der Waals surface area contributed by atoms with Crippen molar-refractivity contribution in [3.8, 4) is 0 Å². The number of aliphatic hydroxyl groups is 1. The Bertz CT molecular complexity index is 577. The first-order valence-electron chi connectivity index (χ1n) is 8.81. The normalized spacial score (nSPS) is 51.0. The van der Waals surface area contributed by atoms with Gasteiger partial charge in [0.25, 0.3) is 0 Å². The topological polar surface area (TPSA) is 54.4 Å². The fourth-order valence-electron chi connectivity index (χ4n) is 6.46. The molecular weight excluding hydrogens is 276 g/mol. The van der Waals surface area contributed by atoms with Crippen LogP contribution < -0.4 is 0 Å². The first-order chi connectivity index (χ1) is 10.4. The Labute approximate surface area is 132 Å². The van der Waals surface area contributed by atoms with E-state index in [0.29, 0.717) is 36.9 Å². The standard InChI is InChI=1S/C19H26O3/c1-18-8-7-12(20)9-11(18)3-4-13-14-5-6-16(22)19(14,2)10-15(21)17(13)18/h9,13-15,17,21H,3-8,10H2,1-2H3/t13-,14-,15-,17+,18+,19-/m1/s1. The molecule has 3 saturated carbocycles. The Kier molecular flexibility index (Phi) is 3.01. The van der Waals surface area contributed by atoms with E-state index in [1.807, 2.05) is 6.08 Å². The van der Waals surface area contributed by atoms with E-state index in [0.717, 1.165) is 25.7 Å². The molecule has 0 unspecified atom stereocenters. The zero-order valence-corrected chi connectivity index (χ0v) is 13.6. The van der Waals surface area contributed by atoms with E-state index in [-0.39, 0.29) is 22.5 Å². The summed E-state index contributed by atoms with van der Waals surface area (Å²) in [7, 11) is 0. The zero-order valence-electron chi connectivity index (χ0n) is 13.6. The van der Waals surface area contributed by atoms with Gasteiger partial charge in [0, 0.05) is 18.3 Å². The minimum absolute atomic E-state index is 0.0385. The molecule has 0 aliphatic heterocycles. The number of fused-ring (bicyclic) bond motifs is 5. The smallest absolute Gasteiger partial charge is 0.155 e. The van der Waals surface area contributed by atoms with Crippen molar-refractivity contribution in [2.75, 3.05) is 0 Å². The molecule has 0 aromatic rings. The van der Waals surface area contributed by atoms with E-state index in [1.54, 1.807) is 0 Å². The molecule has 0 radical (unpaired) electrons. The van der Waals surface area contributed by atoms with Gasteiger partial charge in [-0.3, -0.25) is 9.59 Å². The number of hydrogen-bond acceptors (Lipinski definition) is 3. The van der Waals surface area contributed by atoms with Crippen LogP contribution in [0.1, 0.15) is 58.8 Å². The van der Waals surface area contributed by atoms with Crippen LogP contribution >= 0.6 is 0 Å². The molecular formula is C19H26O3. The lowest BCUT2D eigenvalue weighted by Crippen LogP contribution is -2.56. The average molecular weight is 302 g/mol. The molecule has 4 rings (SSSR count). The predicted octanol–water partition coefficient (Wildman–Crippen LogP) is 3.06. The quantitative estimate of drug-likeness (QED) is 0.748. The Morgan fingerprint density at radius 3 is 2.64 bits per heavy atom. The Morgan fingerprint density at radius 1 is 1.09 bits per heavy atom. The van der Waals surface area contributed by atoms with E-state index in [1.165, 1.54) is 5.57 Å². The third-order valence-corrected chi connectivity index (χ3v) is 7.61. The highest BCUT2D eigenvalue weighted by Crippen LogP contribution is 2.64. The van der Waals surface area contributed by atoms with Gasteiger partial charge in [-0.05, 0) is 61.3 Å². The van der Waals surface area contributed by atoms with Crippen LogP contribution in [0.4, 0.5) is 0 Å². The van der Waals surface area contributed by atoms with Crippen molar-refractivity contribution in [2.45, 2.75) is 64.9 Å². The van der Waals surface area contributed by atoms with Gasteiger partial charge in [-0.15, -0.1) is 0 Å². The summed E-state index contributed by atoms with van der Waals surface area (Å²) in [6.07, 6.45) is 7.24. The van der Waals surface area contributed by atoms with Crippen molar-refractivity contribution in [3.05, 3.63) is 11.6 Å². The maximum Gasteiger partial charge on any atom is 0.155 e. The number of carbonyl (C=O) groups is 2. The van der Waals surface area contributed by atoms with Gasteiger partial charge in [-0.25, -0.2) is 0 Å². The molecule has 6 atom stereocenters. The molecule has 120 valence electrons.